The number of hydrogen-bond acceptors (Lipinski definition) is 6. The first-order valence-corrected chi connectivity index (χ1v) is 13.3. The number of alkyl halides is 1. The van der Waals surface area contributed by atoms with E-state index in [0.717, 1.165) is 5.56 Å². The molecule has 0 radical (unpaired) electrons. The predicted molar refractivity (Wildman–Crippen MR) is 137 cm³/mol. The van der Waals surface area contributed by atoms with Crippen molar-refractivity contribution in [3.05, 3.63) is 61.2 Å². The van der Waals surface area contributed by atoms with E-state index in [1.54, 1.807) is 15.9 Å². The Bertz CT molecular complexity index is 1000. The molecule has 3 unspecified atom stereocenters. The first-order chi connectivity index (χ1) is 17.4. The zero-order valence-electron chi connectivity index (χ0n) is 20.3. The number of likely N-dealkylation sites (tertiary alicyclic amines) is 1. The third-order valence-corrected chi connectivity index (χ3v) is 8.17. The van der Waals surface area contributed by atoms with Crippen molar-refractivity contribution in [3.63, 3.8) is 0 Å². The number of rotatable bonds is 12. The fourth-order valence-corrected chi connectivity index (χ4v) is 6.86. The summed E-state index contributed by atoms with van der Waals surface area (Å²) in [5, 5.41) is 9.31. The van der Waals surface area contributed by atoms with Gasteiger partial charge in [-0.3, -0.25) is 14.4 Å². The van der Waals surface area contributed by atoms with Gasteiger partial charge in [-0.15, -0.1) is 6.58 Å². The first-order valence-electron chi connectivity index (χ1n) is 12.3. The maximum Gasteiger partial charge on any atom is 0.312 e. The smallest absolute Gasteiger partial charge is 0.312 e. The summed E-state index contributed by atoms with van der Waals surface area (Å²) in [5.41, 5.74) is -0.181. The van der Waals surface area contributed by atoms with Gasteiger partial charge in [0.05, 0.1) is 17.9 Å². The maximum absolute atomic E-state index is 14.2. The second-order valence-corrected chi connectivity index (χ2v) is 10.7. The van der Waals surface area contributed by atoms with E-state index in [9.17, 15) is 19.5 Å². The molecule has 8 nitrogen and oxygen atoms in total. The van der Waals surface area contributed by atoms with Crippen LogP contribution in [0, 0.1) is 11.8 Å². The number of aliphatic hydroxyl groups is 1. The van der Waals surface area contributed by atoms with E-state index in [1.807, 2.05) is 30.3 Å². The Morgan fingerprint density at radius 2 is 2.00 bits per heavy atom. The summed E-state index contributed by atoms with van der Waals surface area (Å²) < 4.78 is 11.8. The number of amides is 2. The summed E-state index contributed by atoms with van der Waals surface area (Å²) >= 11 is 3.65. The molecule has 0 saturated carbocycles. The zero-order chi connectivity index (χ0) is 25.9. The van der Waals surface area contributed by atoms with Crippen molar-refractivity contribution in [1.82, 2.24) is 9.80 Å². The minimum absolute atomic E-state index is 0.00956. The van der Waals surface area contributed by atoms with Gasteiger partial charge in [-0.05, 0) is 24.8 Å². The maximum atomic E-state index is 14.2. The minimum Gasteiger partial charge on any atom is -0.461 e. The molecule has 0 aliphatic carbocycles. The van der Waals surface area contributed by atoms with Crippen LogP contribution in [0.3, 0.4) is 0 Å². The lowest BCUT2D eigenvalue weighted by Crippen LogP contribution is -2.56. The molecule has 3 saturated heterocycles. The van der Waals surface area contributed by atoms with Crippen LogP contribution in [-0.4, -0.2) is 81.6 Å². The van der Waals surface area contributed by atoms with Gasteiger partial charge in [-0.1, -0.05) is 65.0 Å². The Kier molecular flexibility index (Phi) is 8.32. The van der Waals surface area contributed by atoms with Gasteiger partial charge in [-0.2, -0.15) is 0 Å². The van der Waals surface area contributed by atoms with Crippen LogP contribution >= 0.6 is 15.9 Å². The standard InChI is InChI=1S/C27H33BrN2O6/c1-3-12-29(17-18-10-6-5-7-11-18)25(33)23-27-16-19(28)22(36-27)20(26(34)35-15-4-2)21(27)24(32)30(23)13-8-9-14-31/h3-7,10-11,19-23,31H,1-2,8-9,12-17H2/t19?,20-,21-,22-,23?,27?/m0/s1. The molecule has 36 heavy (non-hydrogen) atoms. The number of hydrogen-bond donors (Lipinski definition) is 1. The number of carbonyl (C=O) groups is 3. The van der Waals surface area contributed by atoms with Crippen LogP contribution in [0.15, 0.2) is 55.6 Å². The van der Waals surface area contributed by atoms with E-state index >= 15 is 0 Å². The highest BCUT2D eigenvalue weighted by molar-refractivity contribution is 9.09. The zero-order valence-corrected chi connectivity index (χ0v) is 21.8. The molecule has 1 aromatic carbocycles. The number of aliphatic hydroxyl groups excluding tert-OH is 1. The molecule has 3 fully saturated rings. The normalized spacial score (nSPS) is 30.2. The lowest BCUT2D eigenvalue weighted by molar-refractivity contribution is -0.154. The highest BCUT2D eigenvalue weighted by Crippen LogP contribution is 2.60. The van der Waals surface area contributed by atoms with E-state index in [2.05, 4.69) is 29.1 Å². The molecule has 1 aromatic rings. The molecule has 0 aromatic heterocycles. The van der Waals surface area contributed by atoms with Gasteiger partial charge in [0, 0.05) is 31.1 Å². The number of nitrogens with zero attached hydrogens (tertiary/aromatic N) is 2. The second kappa shape index (κ2) is 11.3. The van der Waals surface area contributed by atoms with Gasteiger partial charge in [0.25, 0.3) is 0 Å². The summed E-state index contributed by atoms with van der Waals surface area (Å²) in [4.78, 5) is 44.2. The van der Waals surface area contributed by atoms with Gasteiger partial charge in [0.1, 0.15) is 18.2 Å². The lowest BCUT2D eigenvalue weighted by atomic mass is 9.70. The third-order valence-electron chi connectivity index (χ3n) is 7.32. The second-order valence-electron chi connectivity index (χ2n) is 9.54. The van der Waals surface area contributed by atoms with Crippen LogP contribution in [0.4, 0.5) is 0 Å². The molecule has 1 N–H and O–H groups in total. The van der Waals surface area contributed by atoms with Gasteiger partial charge >= 0.3 is 5.97 Å². The number of ether oxygens (including phenoxy) is 2. The van der Waals surface area contributed by atoms with Crippen molar-refractivity contribution in [2.24, 2.45) is 11.8 Å². The molecule has 2 bridgehead atoms. The molecule has 3 aliphatic rings. The van der Waals surface area contributed by atoms with Gasteiger partial charge in [-0.25, -0.2) is 0 Å². The number of fused-ring (bicyclic) bond motifs is 1. The van der Waals surface area contributed by atoms with E-state index in [-0.39, 0.29) is 36.4 Å². The van der Waals surface area contributed by atoms with Crippen molar-refractivity contribution in [1.29, 1.82) is 0 Å². The summed E-state index contributed by atoms with van der Waals surface area (Å²) in [7, 11) is 0. The average molecular weight is 561 g/mol. The largest absolute Gasteiger partial charge is 0.461 e. The van der Waals surface area contributed by atoms with E-state index in [0.29, 0.717) is 32.4 Å². The third kappa shape index (κ3) is 4.64. The molecule has 3 heterocycles. The quantitative estimate of drug-likeness (QED) is 0.182. The first kappa shape index (κ1) is 26.6. The lowest BCUT2D eigenvalue weighted by Gasteiger charge is -2.37. The van der Waals surface area contributed by atoms with Crippen LogP contribution in [0.2, 0.25) is 0 Å². The van der Waals surface area contributed by atoms with Gasteiger partial charge < -0.3 is 24.4 Å². The molecular weight excluding hydrogens is 528 g/mol. The summed E-state index contributed by atoms with van der Waals surface area (Å²) in [6.45, 7) is 8.39. The van der Waals surface area contributed by atoms with Crippen LogP contribution in [-0.2, 0) is 30.4 Å². The van der Waals surface area contributed by atoms with Gasteiger partial charge in [0.15, 0.2) is 0 Å². The number of benzene rings is 1. The SMILES string of the molecule is C=CCOC(=O)[C@H]1[C@H]2C(=O)N(CCCCO)C(C(=O)N(CC=C)Cc3ccccc3)C23CC(Br)[C@@H]1O3. The Hall–Kier alpha value is -2.49. The Labute approximate surface area is 220 Å². The average Bonchev–Trinajstić information content (AvgIpc) is 3.46. The molecule has 3 aliphatic heterocycles. The highest BCUT2D eigenvalue weighted by atomic mass is 79.9. The molecule has 1 spiro atoms. The summed E-state index contributed by atoms with van der Waals surface area (Å²) in [5.74, 6) is -2.64. The molecule has 2 amide bonds. The molecule has 4 rings (SSSR count). The summed E-state index contributed by atoms with van der Waals surface area (Å²) in [6.07, 6.45) is 4.04. The summed E-state index contributed by atoms with van der Waals surface area (Å²) in [6, 6.07) is 8.74. The molecule has 6 atom stereocenters. The molecule has 9 heteroatoms. The van der Waals surface area contributed by atoms with Crippen LogP contribution in [0.5, 0.6) is 0 Å². The van der Waals surface area contributed by atoms with E-state index < -0.39 is 35.6 Å². The Balaban J connectivity index is 1.71. The van der Waals surface area contributed by atoms with E-state index in [1.165, 1.54) is 6.08 Å². The number of carbonyl (C=O) groups excluding carboxylic acids is 3. The monoisotopic (exact) mass is 560 g/mol. The van der Waals surface area contributed by atoms with Crippen molar-refractivity contribution in [2.75, 3.05) is 26.3 Å². The van der Waals surface area contributed by atoms with Crippen molar-refractivity contribution >= 4 is 33.7 Å². The van der Waals surface area contributed by atoms with Crippen LogP contribution < -0.4 is 0 Å². The van der Waals surface area contributed by atoms with Crippen LogP contribution in [0.1, 0.15) is 24.8 Å². The topological polar surface area (TPSA) is 96.4 Å². The minimum atomic E-state index is -1.14. The number of halogens is 1. The van der Waals surface area contributed by atoms with Crippen LogP contribution in [0.25, 0.3) is 0 Å². The molecular formula is C27H33BrN2O6. The Morgan fingerprint density at radius 3 is 2.67 bits per heavy atom. The van der Waals surface area contributed by atoms with Crippen molar-refractivity contribution < 1.29 is 29.0 Å². The Morgan fingerprint density at radius 1 is 1.25 bits per heavy atom. The van der Waals surface area contributed by atoms with Crippen molar-refractivity contribution in [2.45, 2.75) is 48.4 Å². The van der Waals surface area contributed by atoms with E-state index in [4.69, 9.17) is 9.47 Å². The van der Waals surface area contributed by atoms with Crippen molar-refractivity contribution in [3.8, 4) is 0 Å². The number of esters is 1. The molecule has 194 valence electrons. The fraction of sp³-hybridized carbons (Fsp3) is 0.519. The number of unbranched alkanes of at least 4 members (excludes halogenated alkanes) is 1. The highest BCUT2D eigenvalue weighted by Gasteiger charge is 2.77. The predicted octanol–water partition coefficient (Wildman–Crippen LogP) is 2.45. The van der Waals surface area contributed by atoms with Gasteiger partial charge in [0.2, 0.25) is 11.8 Å². The fourth-order valence-electron chi connectivity index (χ4n) is 5.91.